The van der Waals surface area contributed by atoms with Crippen LogP contribution in [0.25, 0.3) is 0 Å². The highest BCUT2D eigenvalue weighted by molar-refractivity contribution is 5.83. The molecule has 1 rings (SSSR count). The average molecular weight is 249 g/mol. The van der Waals surface area contributed by atoms with Gasteiger partial charge in [0.25, 0.3) is 0 Å². The van der Waals surface area contributed by atoms with Gasteiger partial charge < -0.3 is 11.1 Å². The van der Waals surface area contributed by atoms with E-state index in [4.69, 9.17) is 5.73 Å². The summed E-state index contributed by atoms with van der Waals surface area (Å²) in [6.45, 7) is 8.40. The van der Waals surface area contributed by atoms with E-state index in [1.54, 1.807) is 12.4 Å². The number of rotatable bonds is 5. The third kappa shape index (κ3) is 3.29. The fraction of sp³-hybridized carbons (Fsp3) is 0.571. The van der Waals surface area contributed by atoms with Gasteiger partial charge in [-0.3, -0.25) is 9.78 Å². The first-order valence-corrected chi connectivity index (χ1v) is 6.32. The number of hydrogen-bond acceptors (Lipinski definition) is 3. The molecule has 1 aromatic heterocycles. The Kier molecular flexibility index (Phi) is 4.84. The Morgan fingerprint density at radius 1 is 1.50 bits per heavy atom. The molecule has 0 saturated heterocycles. The quantitative estimate of drug-likeness (QED) is 0.834. The minimum absolute atomic E-state index is 0.00958. The molecule has 4 heteroatoms. The Morgan fingerprint density at radius 2 is 2.17 bits per heavy atom. The van der Waals surface area contributed by atoms with Crippen LogP contribution in [0.15, 0.2) is 24.5 Å². The second-order valence-corrected chi connectivity index (χ2v) is 5.27. The Bertz CT molecular complexity index is 391. The number of carbonyl (C=O) groups excluding carboxylic acids is 1. The van der Waals surface area contributed by atoms with E-state index in [-0.39, 0.29) is 23.3 Å². The number of nitrogens with one attached hydrogen (secondary N) is 1. The smallest absolute Gasteiger partial charge is 0.227 e. The third-order valence-electron chi connectivity index (χ3n) is 3.68. The lowest BCUT2D eigenvalue weighted by Crippen LogP contribution is -2.55. The second-order valence-electron chi connectivity index (χ2n) is 5.27. The molecule has 18 heavy (non-hydrogen) atoms. The molecule has 0 bridgehead atoms. The van der Waals surface area contributed by atoms with Crippen LogP contribution in [0.4, 0.5) is 0 Å². The van der Waals surface area contributed by atoms with Crippen LogP contribution in [-0.2, 0) is 4.79 Å². The van der Waals surface area contributed by atoms with Crippen molar-refractivity contribution in [1.29, 1.82) is 0 Å². The number of hydrogen-bond donors (Lipinski definition) is 2. The summed E-state index contributed by atoms with van der Waals surface area (Å²) in [6, 6.07) is 3.75. The maximum Gasteiger partial charge on any atom is 0.227 e. The Balaban J connectivity index is 2.77. The summed E-state index contributed by atoms with van der Waals surface area (Å²) < 4.78 is 0. The van der Waals surface area contributed by atoms with E-state index in [9.17, 15) is 4.79 Å². The lowest BCUT2D eigenvalue weighted by molar-refractivity contribution is -0.124. The van der Waals surface area contributed by atoms with Crippen molar-refractivity contribution in [2.75, 3.05) is 6.54 Å². The molecule has 0 aliphatic carbocycles. The first-order valence-electron chi connectivity index (χ1n) is 6.32. The third-order valence-corrected chi connectivity index (χ3v) is 3.68. The molecule has 0 saturated carbocycles. The molecule has 0 aliphatic rings. The normalized spacial score (nSPS) is 16.1. The highest BCUT2D eigenvalue weighted by atomic mass is 16.2. The van der Waals surface area contributed by atoms with Crippen molar-refractivity contribution < 1.29 is 4.79 Å². The SMILES string of the molecule is CC(C(=O)NC(C)(CN)C(C)C)c1cccnc1. The van der Waals surface area contributed by atoms with Crippen LogP contribution in [0.2, 0.25) is 0 Å². The molecule has 0 fully saturated rings. The zero-order valence-corrected chi connectivity index (χ0v) is 11.6. The summed E-state index contributed by atoms with van der Waals surface area (Å²) >= 11 is 0. The predicted molar refractivity (Wildman–Crippen MR) is 73.1 cm³/mol. The first kappa shape index (κ1) is 14.6. The van der Waals surface area contributed by atoms with Crippen LogP contribution in [0.1, 0.15) is 39.2 Å². The molecule has 2 unspecified atom stereocenters. The molecule has 0 aliphatic heterocycles. The molecule has 0 spiro atoms. The van der Waals surface area contributed by atoms with Crippen LogP contribution in [0.5, 0.6) is 0 Å². The molecule has 100 valence electrons. The van der Waals surface area contributed by atoms with Gasteiger partial charge in [-0.2, -0.15) is 0 Å². The summed E-state index contributed by atoms with van der Waals surface area (Å²) in [6.07, 6.45) is 3.42. The topological polar surface area (TPSA) is 68.0 Å². The van der Waals surface area contributed by atoms with Gasteiger partial charge in [0, 0.05) is 18.9 Å². The largest absolute Gasteiger partial charge is 0.349 e. The van der Waals surface area contributed by atoms with Gasteiger partial charge in [-0.15, -0.1) is 0 Å². The van der Waals surface area contributed by atoms with Gasteiger partial charge in [0.05, 0.1) is 11.5 Å². The van der Waals surface area contributed by atoms with E-state index in [1.165, 1.54) is 0 Å². The van der Waals surface area contributed by atoms with Crippen LogP contribution in [-0.4, -0.2) is 23.0 Å². The number of carbonyl (C=O) groups is 1. The highest BCUT2D eigenvalue weighted by Gasteiger charge is 2.30. The van der Waals surface area contributed by atoms with Gasteiger partial charge in [0.1, 0.15) is 0 Å². The van der Waals surface area contributed by atoms with Crippen LogP contribution < -0.4 is 11.1 Å². The van der Waals surface area contributed by atoms with Gasteiger partial charge in [0.2, 0.25) is 5.91 Å². The monoisotopic (exact) mass is 249 g/mol. The lowest BCUT2D eigenvalue weighted by atomic mass is 9.87. The van der Waals surface area contributed by atoms with E-state index in [0.717, 1.165) is 5.56 Å². The summed E-state index contributed by atoms with van der Waals surface area (Å²) in [7, 11) is 0. The number of amides is 1. The molecular weight excluding hydrogens is 226 g/mol. The minimum atomic E-state index is -0.368. The summed E-state index contributed by atoms with van der Waals surface area (Å²) in [5.41, 5.74) is 6.32. The van der Waals surface area contributed by atoms with Crippen molar-refractivity contribution in [1.82, 2.24) is 10.3 Å². The first-order chi connectivity index (χ1) is 8.40. The van der Waals surface area contributed by atoms with Crippen molar-refractivity contribution in [3.63, 3.8) is 0 Å². The Labute approximate surface area is 109 Å². The number of aromatic nitrogens is 1. The maximum absolute atomic E-state index is 12.2. The number of nitrogens with two attached hydrogens (primary N) is 1. The molecule has 2 atom stereocenters. The summed E-state index contributed by atoms with van der Waals surface area (Å²) in [5.74, 6) is 0.0560. The van der Waals surface area contributed by atoms with Crippen LogP contribution in [0.3, 0.4) is 0 Å². The number of pyridine rings is 1. The molecule has 1 heterocycles. The molecular formula is C14H23N3O. The van der Waals surface area contributed by atoms with E-state index in [0.29, 0.717) is 6.54 Å². The zero-order valence-electron chi connectivity index (χ0n) is 11.6. The van der Waals surface area contributed by atoms with Crippen molar-refractivity contribution >= 4 is 5.91 Å². The van der Waals surface area contributed by atoms with E-state index < -0.39 is 0 Å². The Hall–Kier alpha value is -1.42. The summed E-state index contributed by atoms with van der Waals surface area (Å²) in [5, 5.41) is 3.05. The van der Waals surface area contributed by atoms with Crippen LogP contribution in [0, 0.1) is 5.92 Å². The van der Waals surface area contributed by atoms with Gasteiger partial charge in [-0.25, -0.2) is 0 Å². The predicted octanol–water partition coefficient (Wildman–Crippen LogP) is 1.67. The molecule has 1 amide bonds. The highest BCUT2D eigenvalue weighted by Crippen LogP contribution is 2.19. The standard InChI is InChI=1S/C14H23N3O/c1-10(2)14(4,9-15)17-13(18)11(3)12-6-5-7-16-8-12/h5-8,10-11H,9,15H2,1-4H3,(H,17,18). The van der Waals surface area contributed by atoms with Crippen molar-refractivity contribution in [3.05, 3.63) is 30.1 Å². The van der Waals surface area contributed by atoms with Gasteiger partial charge in [-0.1, -0.05) is 19.9 Å². The minimum Gasteiger partial charge on any atom is -0.349 e. The molecule has 3 N–H and O–H groups in total. The number of nitrogens with zero attached hydrogens (tertiary/aromatic N) is 1. The van der Waals surface area contributed by atoms with Gasteiger partial charge >= 0.3 is 0 Å². The van der Waals surface area contributed by atoms with Gasteiger partial charge in [0.15, 0.2) is 0 Å². The Morgan fingerprint density at radius 3 is 2.61 bits per heavy atom. The fourth-order valence-electron chi connectivity index (χ4n) is 1.60. The van der Waals surface area contributed by atoms with Crippen molar-refractivity contribution in [2.45, 2.75) is 39.2 Å². The van der Waals surface area contributed by atoms with Crippen LogP contribution >= 0.6 is 0 Å². The van der Waals surface area contributed by atoms with E-state index in [2.05, 4.69) is 24.1 Å². The molecule has 0 radical (unpaired) electrons. The molecule has 4 nitrogen and oxygen atoms in total. The molecule has 1 aromatic rings. The second kappa shape index (κ2) is 5.96. The van der Waals surface area contributed by atoms with Crippen molar-refractivity contribution in [3.8, 4) is 0 Å². The van der Waals surface area contributed by atoms with E-state index >= 15 is 0 Å². The van der Waals surface area contributed by atoms with E-state index in [1.807, 2.05) is 26.0 Å². The zero-order chi connectivity index (χ0) is 13.8. The summed E-state index contributed by atoms with van der Waals surface area (Å²) in [4.78, 5) is 16.3. The maximum atomic E-state index is 12.2. The lowest BCUT2D eigenvalue weighted by Gasteiger charge is -2.34. The van der Waals surface area contributed by atoms with Gasteiger partial charge in [-0.05, 0) is 31.4 Å². The average Bonchev–Trinajstić information content (AvgIpc) is 2.38. The fourth-order valence-corrected chi connectivity index (χ4v) is 1.60. The van der Waals surface area contributed by atoms with Crippen molar-refractivity contribution in [2.24, 2.45) is 11.7 Å². The molecule has 0 aromatic carbocycles.